The highest BCUT2D eigenvalue weighted by molar-refractivity contribution is 5.97. The van der Waals surface area contributed by atoms with Crippen LogP contribution in [0.15, 0.2) is 42.5 Å². The average molecular weight is 378 g/mol. The molecule has 2 aromatic carbocycles. The van der Waals surface area contributed by atoms with Crippen molar-refractivity contribution in [2.24, 2.45) is 0 Å². The number of benzene rings is 2. The predicted molar refractivity (Wildman–Crippen MR) is 105 cm³/mol. The number of aromatic amines is 1. The first kappa shape index (κ1) is 18.3. The first-order valence-electron chi connectivity index (χ1n) is 9.19. The third-order valence-electron chi connectivity index (χ3n) is 5.20. The molecule has 1 aromatic heterocycles. The monoisotopic (exact) mass is 378 g/mol. The molecule has 0 saturated heterocycles. The van der Waals surface area contributed by atoms with E-state index in [0.717, 1.165) is 34.1 Å². The van der Waals surface area contributed by atoms with Crippen molar-refractivity contribution in [2.45, 2.75) is 19.6 Å². The van der Waals surface area contributed by atoms with Gasteiger partial charge in [-0.25, -0.2) is 4.79 Å². The summed E-state index contributed by atoms with van der Waals surface area (Å²) < 4.78 is 9.95. The van der Waals surface area contributed by atoms with Crippen molar-refractivity contribution in [3.05, 3.63) is 70.4 Å². The van der Waals surface area contributed by atoms with Crippen LogP contribution in [0.4, 0.5) is 0 Å². The van der Waals surface area contributed by atoms with E-state index in [4.69, 9.17) is 9.47 Å². The molecule has 0 aliphatic carbocycles. The van der Waals surface area contributed by atoms with Gasteiger partial charge in [0.2, 0.25) is 0 Å². The largest absolute Gasteiger partial charge is 0.465 e. The van der Waals surface area contributed by atoms with E-state index in [0.29, 0.717) is 30.8 Å². The van der Waals surface area contributed by atoms with Gasteiger partial charge in [-0.3, -0.25) is 4.79 Å². The third kappa shape index (κ3) is 3.27. The summed E-state index contributed by atoms with van der Waals surface area (Å²) in [7, 11) is 3.02. The van der Waals surface area contributed by atoms with Gasteiger partial charge in [-0.05, 0) is 35.9 Å². The number of esters is 1. The molecule has 0 bridgehead atoms. The zero-order valence-electron chi connectivity index (χ0n) is 16.0. The number of amides is 1. The second kappa shape index (κ2) is 7.48. The summed E-state index contributed by atoms with van der Waals surface area (Å²) in [5.74, 6) is -0.357. The molecule has 0 saturated carbocycles. The molecule has 28 heavy (non-hydrogen) atoms. The van der Waals surface area contributed by atoms with E-state index >= 15 is 0 Å². The van der Waals surface area contributed by atoms with Crippen LogP contribution in [0.2, 0.25) is 0 Å². The Morgan fingerprint density at radius 3 is 2.54 bits per heavy atom. The Hall–Kier alpha value is -3.12. The number of methoxy groups -OCH3 is 2. The zero-order chi connectivity index (χ0) is 19.7. The predicted octanol–water partition coefficient (Wildman–Crippen LogP) is 3.30. The van der Waals surface area contributed by atoms with Crippen molar-refractivity contribution in [1.82, 2.24) is 9.88 Å². The SMILES string of the molecule is COCc1ccc(C(=O)N2CCc3[nH]c4ccc(C(=O)OC)cc4c3C2)cc1. The molecule has 0 fully saturated rings. The van der Waals surface area contributed by atoms with Crippen molar-refractivity contribution in [3.63, 3.8) is 0 Å². The second-order valence-corrected chi connectivity index (χ2v) is 6.94. The smallest absolute Gasteiger partial charge is 0.337 e. The maximum Gasteiger partial charge on any atom is 0.337 e. The van der Waals surface area contributed by atoms with E-state index in [1.165, 1.54) is 7.11 Å². The molecule has 144 valence electrons. The minimum absolute atomic E-state index is 0.00749. The van der Waals surface area contributed by atoms with E-state index in [1.54, 1.807) is 13.2 Å². The Kier molecular flexibility index (Phi) is 4.88. The molecule has 1 aliphatic heterocycles. The lowest BCUT2D eigenvalue weighted by atomic mass is 10.0. The van der Waals surface area contributed by atoms with E-state index < -0.39 is 0 Å². The van der Waals surface area contributed by atoms with Gasteiger partial charge in [-0.2, -0.15) is 0 Å². The number of H-pyrrole nitrogens is 1. The van der Waals surface area contributed by atoms with Crippen LogP contribution in [0, 0.1) is 0 Å². The van der Waals surface area contributed by atoms with Gasteiger partial charge in [0, 0.05) is 54.3 Å². The molecule has 0 radical (unpaired) electrons. The van der Waals surface area contributed by atoms with Crippen molar-refractivity contribution >= 4 is 22.8 Å². The topological polar surface area (TPSA) is 71.6 Å². The van der Waals surface area contributed by atoms with Gasteiger partial charge in [0.05, 0.1) is 19.3 Å². The number of carbonyl (C=O) groups excluding carboxylic acids is 2. The number of aromatic nitrogens is 1. The number of hydrogen-bond acceptors (Lipinski definition) is 4. The number of nitrogens with zero attached hydrogens (tertiary/aromatic N) is 1. The fourth-order valence-electron chi connectivity index (χ4n) is 3.73. The maximum absolute atomic E-state index is 13.0. The summed E-state index contributed by atoms with van der Waals surface area (Å²) in [6.07, 6.45) is 0.755. The summed E-state index contributed by atoms with van der Waals surface area (Å²) in [6, 6.07) is 13.0. The lowest BCUT2D eigenvalue weighted by Crippen LogP contribution is -2.35. The summed E-state index contributed by atoms with van der Waals surface area (Å²) in [5.41, 5.74) is 5.36. The van der Waals surface area contributed by atoms with E-state index in [-0.39, 0.29) is 11.9 Å². The Morgan fingerprint density at radius 1 is 1.07 bits per heavy atom. The van der Waals surface area contributed by atoms with Gasteiger partial charge >= 0.3 is 5.97 Å². The van der Waals surface area contributed by atoms with E-state index in [1.807, 2.05) is 41.3 Å². The minimum atomic E-state index is -0.364. The summed E-state index contributed by atoms with van der Waals surface area (Å²) in [5, 5.41) is 0.964. The van der Waals surface area contributed by atoms with Crippen molar-refractivity contribution < 1.29 is 19.1 Å². The van der Waals surface area contributed by atoms with Gasteiger partial charge in [0.25, 0.3) is 5.91 Å². The molecule has 6 heteroatoms. The molecule has 1 N–H and O–H groups in total. The van der Waals surface area contributed by atoms with Crippen molar-refractivity contribution in [2.75, 3.05) is 20.8 Å². The first-order valence-corrected chi connectivity index (χ1v) is 9.19. The normalized spacial score (nSPS) is 13.4. The fourth-order valence-corrected chi connectivity index (χ4v) is 3.73. The quantitative estimate of drug-likeness (QED) is 0.707. The lowest BCUT2D eigenvalue weighted by molar-refractivity contribution is 0.0600. The van der Waals surface area contributed by atoms with Gasteiger partial charge in [0.15, 0.2) is 0 Å². The zero-order valence-corrected chi connectivity index (χ0v) is 16.0. The number of fused-ring (bicyclic) bond motifs is 3. The van der Waals surface area contributed by atoms with Crippen LogP contribution >= 0.6 is 0 Å². The number of rotatable bonds is 4. The molecule has 3 aromatic rings. The molecule has 4 rings (SSSR count). The van der Waals surface area contributed by atoms with Gasteiger partial charge in [-0.1, -0.05) is 12.1 Å². The van der Waals surface area contributed by atoms with Crippen molar-refractivity contribution in [1.29, 1.82) is 0 Å². The highest BCUT2D eigenvalue weighted by Crippen LogP contribution is 2.29. The molecule has 1 aliphatic rings. The Labute approximate surface area is 163 Å². The molecule has 2 heterocycles. The number of nitrogens with one attached hydrogen (secondary N) is 1. The molecule has 1 amide bonds. The lowest BCUT2D eigenvalue weighted by Gasteiger charge is -2.27. The first-order chi connectivity index (χ1) is 13.6. The fraction of sp³-hybridized carbons (Fsp3) is 0.273. The highest BCUT2D eigenvalue weighted by atomic mass is 16.5. The van der Waals surface area contributed by atoms with Crippen LogP contribution in [0.5, 0.6) is 0 Å². The van der Waals surface area contributed by atoms with Crippen LogP contribution in [0.3, 0.4) is 0 Å². The molecule has 0 atom stereocenters. The summed E-state index contributed by atoms with van der Waals surface area (Å²) in [6.45, 7) is 1.69. The van der Waals surface area contributed by atoms with Crippen LogP contribution in [0.1, 0.15) is 37.5 Å². The Morgan fingerprint density at radius 2 is 1.82 bits per heavy atom. The number of hydrogen-bond donors (Lipinski definition) is 1. The number of carbonyl (C=O) groups is 2. The molecular formula is C22H22N2O4. The average Bonchev–Trinajstić information content (AvgIpc) is 3.10. The van der Waals surface area contributed by atoms with Crippen LogP contribution < -0.4 is 0 Å². The summed E-state index contributed by atoms with van der Waals surface area (Å²) in [4.78, 5) is 30.1. The third-order valence-corrected chi connectivity index (χ3v) is 5.20. The van der Waals surface area contributed by atoms with Gasteiger partial charge < -0.3 is 19.4 Å². The second-order valence-electron chi connectivity index (χ2n) is 6.94. The standard InChI is InChI=1S/C22H22N2O4/c1-27-13-14-3-5-15(6-4-14)21(25)24-10-9-20-18(12-24)17-11-16(22(26)28-2)7-8-19(17)23-20/h3-8,11,23H,9-10,12-13H2,1-2H3. The minimum Gasteiger partial charge on any atom is -0.465 e. The molecule has 6 nitrogen and oxygen atoms in total. The van der Waals surface area contributed by atoms with E-state index in [2.05, 4.69) is 4.98 Å². The maximum atomic E-state index is 13.0. The van der Waals surface area contributed by atoms with Crippen LogP contribution in [-0.2, 0) is 29.0 Å². The van der Waals surface area contributed by atoms with E-state index in [9.17, 15) is 9.59 Å². The highest BCUT2D eigenvalue weighted by Gasteiger charge is 2.25. The van der Waals surface area contributed by atoms with Crippen LogP contribution in [0.25, 0.3) is 10.9 Å². The summed E-state index contributed by atoms with van der Waals surface area (Å²) >= 11 is 0. The Balaban J connectivity index is 1.61. The van der Waals surface area contributed by atoms with Gasteiger partial charge in [-0.15, -0.1) is 0 Å². The molecular weight excluding hydrogens is 356 g/mol. The Bertz CT molecular complexity index is 1040. The molecule has 0 unspecified atom stereocenters. The van der Waals surface area contributed by atoms with Crippen LogP contribution in [-0.4, -0.2) is 42.5 Å². The van der Waals surface area contributed by atoms with Gasteiger partial charge in [0.1, 0.15) is 0 Å². The molecule has 0 spiro atoms. The van der Waals surface area contributed by atoms with Crippen molar-refractivity contribution in [3.8, 4) is 0 Å². The number of ether oxygens (including phenoxy) is 2.